The Hall–Kier alpha value is -1.51. The molecule has 0 aliphatic carbocycles. The third kappa shape index (κ3) is 4.06. The van der Waals surface area contributed by atoms with E-state index < -0.39 is 0 Å². The molecule has 0 saturated heterocycles. The quantitative estimate of drug-likeness (QED) is 0.840. The van der Waals surface area contributed by atoms with E-state index in [9.17, 15) is 4.79 Å². The molecule has 0 aliphatic heterocycles. The lowest BCUT2D eigenvalue weighted by atomic mass is 10.0. The number of aryl methyl sites for hydroxylation is 1. The van der Waals surface area contributed by atoms with Crippen LogP contribution in [0.1, 0.15) is 43.1 Å². The van der Waals surface area contributed by atoms with E-state index in [4.69, 9.17) is 0 Å². The van der Waals surface area contributed by atoms with E-state index in [1.807, 2.05) is 18.2 Å². The minimum Gasteiger partial charge on any atom is -0.382 e. The summed E-state index contributed by atoms with van der Waals surface area (Å²) < 4.78 is 0. The molecule has 1 unspecified atom stereocenters. The number of carbonyl (C=O) groups excluding carboxylic acids is 1. The van der Waals surface area contributed by atoms with Crippen LogP contribution in [0.15, 0.2) is 18.2 Å². The molecule has 100 valence electrons. The highest BCUT2D eigenvalue weighted by Crippen LogP contribution is 2.19. The summed E-state index contributed by atoms with van der Waals surface area (Å²) in [5, 5.41) is 6.13. The number of rotatable bonds is 5. The maximum Gasteiger partial charge on any atom is 0.251 e. The number of nitrogens with one attached hydrogen (secondary N) is 2. The number of carbonyl (C=O) groups is 1. The van der Waals surface area contributed by atoms with Crippen LogP contribution in [0.25, 0.3) is 0 Å². The molecule has 0 aromatic heterocycles. The molecule has 0 aliphatic rings. The minimum absolute atomic E-state index is 0.0467. The van der Waals surface area contributed by atoms with Gasteiger partial charge in [-0.1, -0.05) is 19.9 Å². The van der Waals surface area contributed by atoms with Crippen LogP contribution in [-0.2, 0) is 0 Å². The Morgan fingerprint density at radius 1 is 1.28 bits per heavy atom. The Bertz CT molecular complexity index is 413. The van der Waals surface area contributed by atoms with Gasteiger partial charge in [0.2, 0.25) is 0 Å². The predicted octanol–water partition coefficient (Wildman–Crippen LogP) is 3.20. The Morgan fingerprint density at radius 3 is 2.50 bits per heavy atom. The smallest absolute Gasteiger partial charge is 0.251 e. The van der Waals surface area contributed by atoms with Gasteiger partial charge in [0.25, 0.3) is 5.91 Å². The van der Waals surface area contributed by atoms with Crippen molar-refractivity contribution in [2.24, 2.45) is 5.92 Å². The van der Waals surface area contributed by atoms with Gasteiger partial charge in [0.1, 0.15) is 0 Å². The first-order valence-corrected chi connectivity index (χ1v) is 6.53. The average Bonchev–Trinajstić information content (AvgIpc) is 2.30. The maximum absolute atomic E-state index is 11.6. The summed E-state index contributed by atoms with van der Waals surface area (Å²) in [6.07, 6.45) is 1.11. The Labute approximate surface area is 110 Å². The van der Waals surface area contributed by atoms with Gasteiger partial charge >= 0.3 is 0 Å². The van der Waals surface area contributed by atoms with Gasteiger partial charge in [0, 0.05) is 24.3 Å². The van der Waals surface area contributed by atoms with E-state index in [1.165, 1.54) is 5.56 Å². The third-order valence-corrected chi connectivity index (χ3v) is 2.95. The zero-order valence-corrected chi connectivity index (χ0v) is 12.0. The molecule has 0 radical (unpaired) electrons. The Balaban J connectivity index is 2.84. The largest absolute Gasteiger partial charge is 0.382 e. The van der Waals surface area contributed by atoms with Crippen molar-refractivity contribution in [1.82, 2.24) is 5.32 Å². The van der Waals surface area contributed by atoms with E-state index in [0.29, 0.717) is 17.5 Å². The summed E-state index contributed by atoms with van der Waals surface area (Å²) in [6, 6.07) is 6.16. The molecule has 1 amide bonds. The fourth-order valence-electron chi connectivity index (χ4n) is 2.09. The number of hydrogen-bond donors (Lipinski definition) is 2. The molecule has 3 heteroatoms. The molecule has 0 bridgehead atoms. The summed E-state index contributed by atoms with van der Waals surface area (Å²) in [7, 11) is 1.65. The van der Waals surface area contributed by atoms with Gasteiger partial charge < -0.3 is 10.6 Å². The van der Waals surface area contributed by atoms with E-state index in [0.717, 1.165) is 12.1 Å². The molecule has 2 N–H and O–H groups in total. The standard InChI is InChI=1S/C15H24N2O/c1-10(2)8-12(4)17-14-9-13(15(18)16-5)7-6-11(14)3/h6-7,9-10,12,17H,8H2,1-5H3,(H,16,18). The Kier molecular flexibility index (Phi) is 5.20. The van der Waals surface area contributed by atoms with Crippen LogP contribution >= 0.6 is 0 Å². The summed E-state index contributed by atoms with van der Waals surface area (Å²) in [5.41, 5.74) is 2.91. The average molecular weight is 248 g/mol. The van der Waals surface area contributed by atoms with Crippen molar-refractivity contribution in [3.8, 4) is 0 Å². The molecule has 0 saturated carbocycles. The van der Waals surface area contributed by atoms with Crippen molar-refractivity contribution in [2.75, 3.05) is 12.4 Å². The van der Waals surface area contributed by atoms with E-state index in [2.05, 4.69) is 38.3 Å². The lowest BCUT2D eigenvalue weighted by molar-refractivity contribution is 0.0963. The molecular formula is C15H24N2O. The molecule has 1 atom stereocenters. The van der Waals surface area contributed by atoms with Crippen molar-refractivity contribution in [1.29, 1.82) is 0 Å². The summed E-state index contributed by atoms with van der Waals surface area (Å²) in [6.45, 7) is 8.65. The topological polar surface area (TPSA) is 41.1 Å². The van der Waals surface area contributed by atoms with Crippen LogP contribution in [0.5, 0.6) is 0 Å². The van der Waals surface area contributed by atoms with Gasteiger partial charge in [-0.15, -0.1) is 0 Å². The molecule has 0 spiro atoms. The number of anilines is 1. The first kappa shape index (κ1) is 14.6. The SMILES string of the molecule is CNC(=O)c1ccc(C)c(NC(C)CC(C)C)c1. The first-order valence-electron chi connectivity index (χ1n) is 6.53. The van der Waals surface area contributed by atoms with Crippen LogP contribution in [0.3, 0.4) is 0 Å². The highest BCUT2D eigenvalue weighted by molar-refractivity contribution is 5.95. The molecular weight excluding hydrogens is 224 g/mol. The van der Waals surface area contributed by atoms with Crippen molar-refractivity contribution in [3.05, 3.63) is 29.3 Å². The second-order valence-corrected chi connectivity index (χ2v) is 5.28. The van der Waals surface area contributed by atoms with Gasteiger partial charge in [-0.05, 0) is 43.9 Å². The van der Waals surface area contributed by atoms with Gasteiger partial charge in [-0.25, -0.2) is 0 Å². The van der Waals surface area contributed by atoms with Crippen LogP contribution in [-0.4, -0.2) is 19.0 Å². The summed E-state index contributed by atoms with van der Waals surface area (Å²) in [4.78, 5) is 11.6. The number of hydrogen-bond acceptors (Lipinski definition) is 2. The van der Waals surface area contributed by atoms with Crippen LogP contribution < -0.4 is 10.6 Å². The first-order chi connectivity index (χ1) is 8.43. The number of benzene rings is 1. The molecule has 1 rings (SSSR count). The van der Waals surface area contributed by atoms with E-state index in [1.54, 1.807) is 7.05 Å². The normalized spacial score (nSPS) is 12.3. The highest BCUT2D eigenvalue weighted by atomic mass is 16.1. The monoisotopic (exact) mass is 248 g/mol. The van der Waals surface area contributed by atoms with E-state index in [-0.39, 0.29) is 5.91 Å². The van der Waals surface area contributed by atoms with Gasteiger partial charge in [0.05, 0.1) is 0 Å². The summed E-state index contributed by atoms with van der Waals surface area (Å²) in [5.74, 6) is 0.615. The summed E-state index contributed by atoms with van der Waals surface area (Å²) >= 11 is 0. The highest BCUT2D eigenvalue weighted by Gasteiger charge is 2.09. The minimum atomic E-state index is -0.0467. The fraction of sp³-hybridized carbons (Fsp3) is 0.533. The third-order valence-electron chi connectivity index (χ3n) is 2.95. The van der Waals surface area contributed by atoms with Crippen molar-refractivity contribution < 1.29 is 4.79 Å². The van der Waals surface area contributed by atoms with E-state index >= 15 is 0 Å². The Morgan fingerprint density at radius 2 is 1.94 bits per heavy atom. The molecule has 0 fully saturated rings. The lowest BCUT2D eigenvalue weighted by Crippen LogP contribution is -2.20. The molecule has 0 heterocycles. The zero-order chi connectivity index (χ0) is 13.7. The van der Waals surface area contributed by atoms with Crippen molar-refractivity contribution >= 4 is 11.6 Å². The van der Waals surface area contributed by atoms with Crippen LogP contribution in [0.4, 0.5) is 5.69 Å². The molecule has 1 aromatic rings. The second-order valence-electron chi connectivity index (χ2n) is 5.28. The second kappa shape index (κ2) is 6.43. The number of amides is 1. The van der Waals surface area contributed by atoms with Crippen molar-refractivity contribution in [2.45, 2.75) is 40.2 Å². The molecule has 3 nitrogen and oxygen atoms in total. The van der Waals surface area contributed by atoms with Gasteiger partial charge in [-0.2, -0.15) is 0 Å². The van der Waals surface area contributed by atoms with Crippen LogP contribution in [0, 0.1) is 12.8 Å². The van der Waals surface area contributed by atoms with Crippen molar-refractivity contribution in [3.63, 3.8) is 0 Å². The lowest BCUT2D eigenvalue weighted by Gasteiger charge is -2.19. The van der Waals surface area contributed by atoms with Gasteiger partial charge in [0.15, 0.2) is 0 Å². The fourth-order valence-corrected chi connectivity index (χ4v) is 2.09. The maximum atomic E-state index is 11.6. The molecule has 18 heavy (non-hydrogen) atoms. The van der Waals surface area contributed by atoms with Gasteiger partial charge in [-0.3, -0.25) is 4.79 Å². The zero-order valence-electron chi connectivity index (χ0n) is 12.0. The predicted molar refractivity (Wildman–Crippen MR) is 77.1 cm³/mol. The molecule has 1 aromatic carbocycles. The van der Waals surface area contributed by atoms with Crippen LogP contribution in [0.2, 0.25) is 0 Å².